The van der Waals surface area contributed by atoms with Crippen molar-refractivity contribution >= 4 is 40.6 Å². The van der Waals surface area contributed by atoms with Crippen LogP contribution < -0.4 is 11.1 Å². The molecule has 98 valence electrons. The average molecular weight is 300 g/mol. The van der Waals surface area contributed by atoms with Crippen molar-refractivity contribution in [3.63, 3.8) is 0 Å². The topological polar surface area (TPSA) is 68.0 Å². The van der Waals surface area contributed by atoms with Gasteiger partial charge in [-0.1, -0.05) is 23.2 Å². The van der Waals surface area contributed by atoms with Gasteiger partial charge in [0.2, 0.25) is 0 Å². The van der Waals surface area contributed by atoms with Crippen LogP contribution in [0.5, 0.6) is 0 Å². The third-order valence-corrected chi connectivity index (χ3v) is 2.89. The lowest BCUT2D eigenvalue weighted by atomic mass is 10.2. The third-order valence-electron chi connectivity index (χ3n) is 2.34. The maximum atomic E-state index is 13.6. The predicted molar refractivity (Wildman–Crippen MR) is 73.0 cm³/mol. The summed E-state index contributed by atoms with van der Waals surface area (Å²) >= 11 is 11.6. The Labute approximate surface area is 118 Å². The van der Waals surface area contributed by atoms with Crippen molar-refractivity contribution in [2.45, 2.75) is 0 Å². The zero-order valence-electron chi connectivity index (χ0n) is 9.45. The van der Waals surface area contributed by atoms with E-state index in [2.05, 4.69) is 10.3 Å². The molecule has 0 aliphatic rings. The number of carbonyl (C=O) groups is 1. The highest BCUT2D eigenvalue weighted by Gasteiger charge is 2.15. The molecule has 19 heavy (non-hydrogen) atoms. The zero-order chi connectivity index (χ0) is 14.0. The molecule has 0 saturated heterocycles. The zero-order valence-corrected chi connectivity index (χ0v) is 11.0. The molecule has 0 radical (unpaired) electrons. The lowest BCUT2D eigenvalue weighted by molar-refractivity contribution is 0.102. The SMILES string of the molecule is Nc1nccc(C(=O)Nc2ccc(Cl)cc2Cl)c1F. The van der Waals surface area contributed by atoms with E-state index >= 15 is 0 Å². The molecule has 3 N–H and O–H groups in total. The second kappa shape index (κ2) is 5.42. The number of pyridine rings is 1. The van der Waals surface area contributed by atoms with Crippen LogP contribution in [-0.2, 0) is 0 Å². The summed E-state index contributed by atoms with van der Waals surface area (Å²) in [6.45, 7) is 0. The Morgan fingerprint density at radius 2 is 2.05 bits per heavy atom. The number of halogens is 3. The summed E-state index contributed by atoms with van der Waals surface area (Å²) in [6, 6.07) is 5.77. The molecule has 0 unspecified atom stereocenters. The summed E-state index contributed by atoms with van der Waals surface area (Å²) in [5.74, 6) is -1.88. The summed E-state index contributed by atoms with van der Waals surface area (Å²) in [5.41, 5.74) is 5.41. The van der Waals surface area contributed by atoms with E-state index in [1.165, 1.54) is 24.4 Å². The lowest BCUT2D eigenvalue weighted by Gasteiger charge is -2.08. The third kappa shape index (κ3) is 2.94. The van der Waals surface area contributed by atoms with E-state index in [4.69, 9.17) is 28.9 Å². The summed E-state index contributed by atoms with van der Waals surface area (Å²) in [5, 5.41) is 3.15. The van der Waals surface area contributed by atoms with E-state index in [1.807, 2.05) is 0 Å². The van der Waals surface area contributed by atoms with Gasteiger partial charge >= 0.3 is 0 Å². The minimum Gasteiger partial charge on any atom is -0.381 e. The van der Waals surface area contributed by atoms with Crippen LogP contribution in [0.4, 0.5) is 15.9 Å². The first-order chi connectivity index (χ1) is 8.99. The van der Waals surface area contributed by atoms with Gasteiger partial charge in [-0.3, -0.25) is 4.79 Å². The van der Waals surface area contributed by atoms with Crippen molar-refractivity contribution in [3.05, 3.63) is 51.9 Å². The second-order valence-corrected chi connectivity index (χ2v) is 4.48. The predicted octanol–water partition coefficient (Wildman–Crippen LogP) is 3.36. The van der Waals surface area contributed by atoms with Crippen LogP contribution >= 0.6 is 23.2 Å². The number of hydrogen-bond donors (Lipinski definition) is 2. The lowest BCUT2D eigenvalue weighted by Crippen LogP contribution is -2.15. The first-order valence-corrected chi connectivity index (χ1v) is 5.91. The number of rotatable bonds is 2. The Morgan fingerprint density at radius 1 is 1.32 bits per heavy atom. The number of hydrogen-bond acceptors (Lipinski definition) is 3. The molecule has 2 rings (SSSR count). The molecule has 7 heteroatoms. The van der Waals surface area contributed by atoms with Crippen molar-refractivity contribution in [1.82, 2.24) is 4.98 Å². The number of nitrogens with zero attached hydrogens (tertiary/aromatic N) is 1. The highest BCUT2D eigenvalue weighted by molar-refractivity contribution is 6.36. The molecule has 1 aromatic heterocycles. The van der Waals surface area contributed by atoms with Gasteiger partial charge in [-0.2, -0.15) is 0 Å². The van der Waals surface area contributed by atoms with Crippen molar-refractivity contribution in [3.8, 4) is 0 Å². The first-order valence-electron chi connectivity index (χ1n) is 5.15. The van der Waals surface area contributed by atoms with Gasteiger partial charge in [0.05, 0.1) is 16.3 Å². The summed E-state index contributed by atoms with van der Waals surface area (Å²) in [6.07, 6.45) is 1.25. The van der Waals surface area contributed by atoms with E-state index in [9.17, 15) is 9.18 Å². The molecule has 4 nitrogen and oxygen atoms in total. The summed E-state index contributed by atoms with van der Waals surface area (Å²) < 4.78 is 13.6. The highest BCUT2D eigenvalue weighted by Crippen LogP contribution is 2.26. The van der Waals surface area contributed by atoms with E-state index in [1.54, 1.807) is 6.07 Å². The number of nitrogens with one attached hydrogen (secondary N) is 1. The van der Waals surface area contributed by atoms with Crippen molar-refractivity contribution in [2.75, 3.05) is 11.1 Å². The van der Waals surface area contributed by atoms with Gasteiger partial charge < -0.3 is 11.1 Å². The first kappa shape index (κ1) is 13.6. The van der Waals surface area contributed by atoms with E-state index < -0.39 is 11.7 Å². The monoisotopic (exact) mass is 299 g/mol. The van der Waals surface area contributed by atoms with Crippen molar-refractivity contribution in [2.24, 2.45) is 0 Å². The fourth-order valence-corrected chi connectivity index (χ4v) is 1.87. The molecule has 0 saturated carbocycles. The highest BCUT2D eigenvalue weighted by atomic mass is 35.5. The quantitative estimate of drug-likeness (QED) is 0.893. The van der Waals surface area contributed by atoms with Crippen LogP contribution in [-0.4, -0.2) is 10.9 Å². The molecule has 0 bridgehead atoms. The number of anilines is 2. The molecule has 0 spiro atoms. The Balaban J connectivity index is 2.28. The second-order valence-electron chi connectivity index (χ2n) is 3.64. The van der Waals surface area contributed by atoms with Crippen LogP contribution in [0.15, 0.2) is 30.5 Å². The van der Waals surface area contributed by atoms with E-state index in [0.717, 1.165) is 0 Å². The fourth-order valence-electron chi connectivity index (χ4n) is 1.42. The standard InChI is InChI=1S/C12H8Cl2FN3O/c13-6-1-2-9(8(14)5-6)18-12(19)7-3-4-17-11(16)10(7)15/h1-5H,(H2,16,17)(H,18,19). The van der Waals surface area contributed by atoms with Crippen molar-refractivity contribution in [1.29, 1.82) is 0 Å². The molecule has 0 aliphatic heterocycles. The summed E-state index contributed by atoms with van der Waals surface area (Å²) in [7, 11) is 0. The van der Waals surface area contributed by atoms with Gasteiger partial charge in [0.1, 0.15) is 0 Å². The van der Waals surface area contributed by atoms with E-state index in [0.29, 0.717) is 10.7 Å². The molecule has 1 heterocycles. The maximum absolute atomic E-state index is 13.6. The Morgan fingerprint density at radius 3 is 2.74 bits per heavy atom. The number of nitrogens with two attached hydrogens (primary N) is 1. The van der Waals surface area contributed by atoms with Crippen LogP contribution in [0.25, 0.3) is 0 Å². The normalized spacial score (nSPS) is 10.3. The fraction of sp³-hybridized carbons (Fsp3) is 0. The van der Waals surface area contributed by atoms with E-state index in [-0.39, 0.29) is 16.4 Å². The van der Waals surface area contributed by atoms with Gasteiger partial charge in [-0.15, -0.1) is 0 Å². The maximum Gasteiger partial charge on any atom is 0.258 e. The number of benzene rings is 1. The van der Waals surface area contributed by atoms with Crippen molar-refractivity contribution < 1.29 is 9.18 Å². The largest absolute Gasteiger partial charge is 0.381 e. The van der Waals surface area contributed by atoms with Gasteiger partial charge in [-0.25, -0.2) is 9.37 Å². The van der Waals surface area contributed by atoms with Gasteiger partial charge in [0, 0.05) is 11.2 Å². The van der Waals surface area contributed by atoms with Gasteiger partial charge in [0.25, 0.3) is 5.91 Å². The van der Waals surface area contributed by atoms with Gasteiger partial charge in [0.15, 0.2) is 11.6 Å². The molecule has 0 atom stereocenters. The van der Waals surface area contributed by atoms with Gasteiger partial charge in [-0.05, 0) is 24.3 Å². The summed E-state index contributed by atoms with van der Waals surface area (Å²) in [4.78, 5) is 15.4. The van der Waals surface area contributed by atoms with Crippen LogP contribution in [0.2, 0.25) is 10.0 Å². The Kier molecular flexibility index (Phi) is 3.87. The van der Waals surface area contributed by atoms with Crippen LogP contribution in [0, 0.1) is 5.82 Å². The Hall–Kier alpha value is -1.85. The molecular formula is C12H8Cl2FN3O. The average Bonchev–Trinajstić information content (AvgIpc) is 2.36. The minimum absolute atomic E-state index is 0.210. The van der Waals surface area contributed by atoms with Crippen LogP contribution in [0.1, 0.15) is 10.4 Å². The number of aromatic nitrogens is 1. The number of nitrogen functional groups attached to an aromatic ring is 1. The van der Waals surface area contributed by atoms with Crippen LogP contribution in [0.3, 0.4) is 0 Å². The smallest absolute Gasteiger partial charge is 0.258 e. The Bertz CT molecular complexity index is 649. The molecule has 2 aromatic rings. The number of amides is 1. The molecule has 0 aliphatic carbocycles. The molecule has 1 aromatic carbocycles. The molecular weight excluding hydrogens is 292 g/mol. The minimum atomic E-state index is -0.870. The molecule has 1 amide bonds. The number of carbonyl (C=O) groups excluding carboxylic acids is 1. The molecule has 0 fully saturated rings.